The van der Waals surface area contributed by atoms with Crippen LogP contribution in [-0.2, 0) is 42.8 Å². The van der Waals surface area contributed by atoms with Gasteiger partial charge < -0.3 is 74.4 Å². The lowest BCUT2D eigenvalue weighted by molar-refractivity contribution is -0.338. The molecule has 1 aromatic rings. The quantitative estimate of drug-likeness (QED) is 0.0680. The number of rotatable bonds is 24. The van der Waals surface area contributed by atoms with E-state index in [2.05, 4.69) is 15.6 Å². The number of Topliss-reactive ketones (excluding diaryl/α,β-unsaturated/α-hetero) is 1. The lowest BCUT2D eigenvalue weighted by Crippen LogP contribution is -2.67. The van der Waals surface area contributed by atoms with E-state index in [1.807, 2.05) is 6.92 Å². The average molecular weight is 940 g/mol. The highest BCUT2D eigenvalue weighted by Crippen LogP contribution is 2.40. The smallest absolute Gasteiger partial charge is 0.332 e. The lowest BCUT2D eigenvalue weighted by Gasteiger charge is -2.49. The number of methoxy groups -OCH3 is 1. The molecule has 66 heavy (non-hydrogen) atoms. The summed E-state index contributed by atoms with van der Waals surface area (Å²) in [4.78, 5) is 56.6. The van der Waals surface area contributed by atoms with Crippen molar-refractivity contribution >= 4 is 23.6 Å². The van der Waals surface area contributed by atoms with Gasteiger partial charge >= 0.3 is 5.97 Å². The van der Waals surface area contributed by atoms with Gasteiger partial charge in [0, 0.05) is 51.8 Å². The van der Waals surface area contributed by atoms with Gasteiger partial charge in [-0.15, -0.1) is 0 Å². The number of aliphatic hydroxyl groups excluding tert-OH is 5. The van der Waals surface area contributed by atoms with Gasteiger partial charge in [0.2, 0.25) is 11.8 Å². The zero-order valence-corrected chi connectivity index (χ0v) is 38.6. The van der Waals surface area contributed by atoms with Gasteiger partial charge in [0.25, 0.3) is 5.91 Å². The maximum Gasteiger partial charge on any atom is 0.332 e. The number of aliphatic hydroxyl groups is 5. The van der Waals surface area contributed by atoms with Crippen molar-refractivity contribution < 1.29 is 83.0 Å². The van der Waals surface area contributed by atoms with Crippen molar-refractivity contribution in [2.75, 3.05) is 33.5 Å². The van der Waals surface area contributed by atoms with Crippen LogP contribution in [0.2, 0.25) is 0 Å². The van der Waals surface area contributed by atoms with Crippen molar-refractivity contribution in [1.29, 1.82) is 0 Å². The van der Waals surface area contributed by atoms with Crippen LogP contribution in [0.25, 0.3) is 0 Å². The van der Waals surface area contributed by atoms with Gasteiger partial charge in [-0.3, -0.25) is 14.4 Å². The maximum absolute atomic E-state index is 14.0. The standard InChI is InChI=1S/C46H73N3O17/c1-5-28-21-30(31(52)14-11-17-47-43(57)29-15-16-35(48-23-29)61-19-10-9-18-60-4)22-32(41(28)66-46-40(56)39(55)37(53)25(2)62-46)64-45-36(49-26(3)51)42(38(54)34(24-50)65-45)63-33(44(58)59)20-27-12-7-6-8-13-27/h15-16,23,25,27-28,30,32-34,36-42,45-46,50,53-56H,5-14,17-22,24H2,1-4H3,(H,47,57)(H,49,51)(H,58,59)/t25?,28?,30?,32-,33+,34+,36?,37-,38+,39+,40?,41-,42?,45-,46+/m1/s1. The van der Waals surface area contributed by atoms with E-state index in [1.165, 1.54) is 20.0 Å². The number of hydrogen-bond acceptors (Lipinski definition) is 17. The first kappa shape index (κ1) is 53.5. The molecule has 6 unspecified atom stereocenters. The maximum atomic E-state index is 14.0. The van der Waals surface area contributed by atoms with Crippen LogP contribution in [0.3, 0.4) is 0 Å². The SMILES string of the molecule is CCC1CC(C(=O)CCCNC(=O)c2ccc(OCCCCOC)nc2)C[C@@H](O[C@@H]2O[C@@H](CO)[C@H](O)C(O[C@@H](CC3CCCCC3)C(=O)O)C2NC(C)=O)[C@@H]1O[C@@H]1OC(C)[C@@H](O)[C@H](O)C1O. The summed E-state index contributed by atoms with van der Waals surface area (Å²) in [5.74, 6) is -2.86. The van der Waals surface area contributed by atoms with Crippen LogP contribution in [0.4, 0.5) is 0 Å². The number of aliphatic carboxylic acids is 1. The molecule has 0 radical (unpaired) electrons. The molecule has 2 amide bonds. The Labute approximate surface area is 386 Å². The Balaban J connectivity index is 1.32. The van der Waals surface area contributed by atoms with Crippen LogP contribution in [0.15, 0.2) is 18.3 Å². The third-order valence-electron chi connectivity index (χ3n) is 13.3. The van der Waals surface area contributed by atoms with Crippen molar-refractivity contribution in [1.82, 2.24) is 15.6 Å². The summed E-state index contributed by atoms with van der Waals surface area (Å²) >= 11 is 0. The Kier molecular flexibility index (Phi) is 21.4. The summed E-state index contributed by atoms with van der Waals surface area (Å²) in [7, 11) is 1.64. The van der Waals surface area contributed by atoms with Crippen LogP contribution >= 0.6 is 0 Å². The first-order valence-electron chi connectivity index (χ1n) is 23.6. The Hall–Kier alpha value is -3.41. The summed E-state index contributed by atoms with van der Waals surface area (Å²) in [6.07, 6.45) is -7.13. The minimum Gasteiger partial charge on any atom is -0.479 e. The summed E-state index contributed by atoms with van der Waals surface area (Å²) in [6.45, 7) is 5.20. The van der Waals surface area contributed by atoms with E-state index in [9.17, 15) is 49.8 Å². The zero-order valence-electron chi connectivity index (χ0n) is 38.6. The van der Waals surface area contributed by atoms with Crippen LogP contribution < -0.4 is 15.4 Å². The van der Waals surface area contributed by atoms with E-state index in [1.54, 1.807) is 19.2 Å². The fourth-order valence-corrected chi connectivity index (χ4v) is 9.52. The normalized spacial score (nSPS) is 33.4. The number of carbonyl (C=O) groups is 4. The molecule has 2 aliphatic carbocycles. The summed E-state index contributed by atoms with van der Waals surface area (Å²) in [5, 5.41) is 69.8. The molecule has 2 saturated carbocycles. The zero-order chi connectivity index (χ0) is 47.9. The third-order valence-corrected chi connectivity index (χ3v) is 13.3. The molecule has 5 rings (SSSR count). The molecule has 0 aromatic carbocycles. The van der Waals surface area contributed by atoms with Crippen molar-refractivity contribution in [3.8, 4) is 5.88 Å². The average Bonchev–Trinajstić information content (AvgIpc) is 3.30. The minimum absolute atomic E-state index is 0.0341. The molecule has 20 nitrogen and oxygen atoms in total. The Morgan fingerprint density at radius 2 is 1.64 bits per heavy atom. The third kappa shape index (κ3) is 14.8. The molecule has 374 valence electrons. The molecule has 0 bridgehead atoms. The number of hydrogen-bond donors (Lipinski definition) is 8. The van der Waals surface area contributed by atoms with E-state index in [4.69, 9.17) is 33.2 Å². The number of carboxylic acid groups (broad SMARTS) is 1. The molecule has 4 aliphatic rings. The number of carbonyl (C=O) groups excluding carboxylic acids is 3. The van der Waals surface area contributed by atoms with E-state index in [0.717, 1.165) is 44.9 Å². The van der Waals surface area contributed by atoms with E-state index < -0.39 is 110 Å². The second-order valence-corrected chi connectivity index (χ2v) is 18.2. The second kappa shape index (κ2) is 26.4. The predicted octanol–water partition coefficient (Wildman–Crippen LogP) is 1.39. The van der Waals surface area contributed by atoms with Gasteiger partial charge in [-0.2, -0.15) is 0 Å². The first-order chi connectivity index (χ1) is 31.6. The Bertz CT molecular complexity index is 1670. The van der Waals surface area contributed by atoms with Crippen molar-refractivity contribution in [3.05, 3.63) is 23.9 Å². The van der Waals surface area contributed by atoms with E-state index in [-0.39, 0.29) is 43.4 Å². The molecule has 3 heterocycles. The van der Waals surface area contributed by atoms with Crippen molar-refractivity contribution in [3.63, 3.8) is 0 Å². The van der Waals surface area contributed by atoms with Crippen molar-refractivity contribution in [2.45, 2.75) is 184 Å². The van der Waals surface area contributed by atoms with Gasteiger partial charge in [0.1, 0.15) is 48.4 Å². The summed E-state index contributed by atoms with van der Waals surface area (Å²) < 4.78 is 41.9. The van der Waals surface area contributed by atoms with Crippen LogP contribution in [0.5, 0.6) is 5.88 Å². The number of nitrogens with zero attached hydrogens (tertiary/aromatic N) is 1. The molecular weight excluding hydrogens is 867 g/mol. The number of amides is 2. The second-order valence-electron chi connectivity index (χ2n) is 18.2. The number of ether oxygens (including phenoxy) is 7. The van der Waals surface area contributed by atoms with Crippen LogP contribution in [0.1, 0.15) is 115 Å². The highest BCUT2D eigenvalue weighted by atomic mass is 16.7. The Morgan fingerprint density at radius 3 is 2.29 bits per heavy atom. The number of nitrogens with one attached hydrogen (secondary N) is 2. The number of pyridine rings is 1. The molecule has 4 fully saturated rings. The molecule has 0 spiro atoms. The van der Waals surface area contributed by atoms with Crippen LogP contribution in [0, 0.1) is 17.8 Å². The monoisotopic (exact) mass is 939 g/mol. The van der Waals surface area contributed by atoms with Crippen molar-refractivity contribution in [2.24, 2.45) is 17.8 Å². The summed E-state index contributed by atoms with van der Waals surface area (Å²) in [6, 6.07) is 1.91. The Morgan fingerprint density at radius 1 is 0.894 bits per heavy atom. The summed E-state index contributed by atoms with van der Waals surface area (Å²) in [5.41, 5.74) is 0.328. The largest absolute Gasteiger partial charge is 0.479 e. The molecule has 20 heteroatoms. The van der Waals surface area contributed by atoms with Crippen LogP contribution in [-0.4, -0.2) is 172 Å². The molecular formula is C46H73N3O17. The fourth-order valence-electron chi connectivity index (χ4n) is 9.52. The number of aromatic nitrogens is 1. The molecule has 2 saturated heterocycles. The number of unbranched alkanes of at least 4 members (excludes halogenated alkanes) is 1. The lowest BCUT2D eigenvalue weighted by atomic mass is 9.74. The first-order valence-corrected chi connectivity index (χ1v) is 23.6. The molecule has 15 atom stereocenters. The minimum atomic E-state index is -1.66. The highest BCUT2D eigenvalue weighted by molar-refractivity contribution is 5.93. The number of carboxylic acids is 1. The van der Waals surface area contributed by atoms with Gasteiger partial charge in [-0.05, 0) is 63.4 Å². The topological polar surface area (TPSA) is 291 Å². The molecule has 8 N–H and O–H groups in total. The molecule has 1 aromatic heterocycles. The van der Waals surface area contributed by atoms with Gasteiger partial charge in [0.15, 0.2) is 18.7 Å². The fraction of sp³-hybridized carbons (Fsp3) is 0.804. The van der Waals surface area contributed by atoms with E-state index >= 15 is 0 Å². The number of ketones is 1. The van der Waals surface area contributed by atoms with Gasteiger partial charge in [-0.1, -0.05) is 45.4 Å². The van der Waals surface area contributed by atoms with Gasteiger partial charge in [0.05, 0.1) is 37.1 Å². The van der Waals surface area contributed by atoms with Gasteiger partial charge in [-0.25, -0.2) is 9.78 Å². The molecule has 2 aliphatic heterocycles. The highest BCUT2D eigenvalue weighted by Gasteiger charge is 2.53. The predicted molar refractivity (Wildman–Crippen MR) is 233 cm³/mol. The van der Waals surface area contributed by atoms with E-state index in [0.29, 0.717) is 43.9 Å².